The van der Waals surface area contributed by atoms with E-state index in [0.29, 0.717) is 18.0 Å². The molecule has 0 fully saturated rings. The number of aromatic nitrogens is 2. The molecule has 1 N–H and O–H groups in total. The minimum Gasteiger partial charge on any atom is -0.497 e. The molecule has 4 aromatic rings. The molecule has 182 valence electrons. The zero-order valence-corrected chi connectivity index (χ0v) is 19.8. The summed E-state index contributed by atoms with van der Waals surface area (Å²) in [4.78, 5) is 20.7. The molecular formula is C27H24FN5O3. The highest BCUT2D eigenvalue weighted by atomic mass is 19.1. The molecule has 1 aromatic heterocycles. The Labute approximate surface area is 207 Å². The number of carbonyl (C=O) groups is 1. The smallest absolute Gasteiger partial charge is 0.289 e. The van der Waals surface area contributed by atoms with Crippen LogP contribution in [0.3, 0.4) is 0 Å². The van der Waals surface area contributed by atoms with Crippen LogP contribution >= 0.6 is 0 Å². The molecule has 0 unspecified atom stereocenters. The monoisotopic (exact) mass is 485 g/mol. The first-order valence-electron chi connectivity index (χ1n) is 11.4. The van der Waals surface area contributed by atoms with E-state index >= 15 is 0 Å². The largest absolute Gasteiger partial charge is 0.497 e. The van der Waals surface area contributed by atoms with Crippen molar-refractivity contribution in [2.45, 2.75) is 19.1 Å². The second-order valence-corrected chi connectivity index (χ2v) is 8.31. The van der Waals surface area contributed by atoms with E-state index in [1.807, 2.05) is 49.4 Å². The van der Waals surface area contributed by atoms with Crippen LogP contribution < -0.4 is 14.8 Å². The van der Waals surface area contributed by atoms with Crippen molar-refractivity contribution in [3.05, 3.63) is 84.3 Å². The van der Waals surface area contributed by atoms with Crippen LogP contribution in [0.25, 0.3) is 16.6 Å². The van der Waals surface area contributed by atoms with Gasteiger partial charge in [-0.3, -0.25) is 9.79 Å². The van der Waals surface area contributed by atoms with Gasteiger partial charge in [0, 0.05) is 11.6 Å². The molecule has 0 saturated heterocycles. The zero-order chi connectivity index (χ0) is 25.1. The molecule has 9 heteroatoms. The number of methoxy groups -OCH3 is 1. The third-order valence-electron chi connectivity index (χ3n) is 5.85. The molecule has 3 aromatic carbocycles. The molecule has 5 rings (SSSR count). The highest BCUT2D eigenvalue weighted by Crippen LogP contribution is 2.30. The number of hydrogen-bond acceptors (Lipinski definition) is 6. The summed E-state index contributed by atoms with van der Waals surface area (Å²) in [5, 5.41) is 8.26. The lowest BCUT2D eigenvalue weighted by molar-refractivity contribution is -0.116. The lowest BCUT2D eigenvalue weighted by Crippen LogP contribution is -2.41. The number of amidine groups is 1. The quantitative estimate of drug-likeness (QED) is 0.403. The first-order chi connectivity index (χ1) is 17.5. The van der Waals surface area contributed by atoms with Gasteiger partial charge in [0.05, 0.1) is 37.1 Å². The van der Waals surface area contributed by atoms with Crippen LogP contribution in [0.4, 0.5) is 4.39 Å². The molecule has 0 spiro atoms. The van der Waals surface area contributed by atoms with Gasteiger partial charge in [0.15, 0.2) is 0 Å². The van der Waals surface area contributed by atoms with Crippen molar-refractivity contribution >= 4 is 28.9 Å². The van der Waals surface area contributed by atoms with Gasteiger partial charge in [-0.1, -0.05) is 12.1 Å². The summed E-state index contributed by atoms with van der Waals surface area (Å²) in [6.07, 6.45) is 2.80. The molecule has 1 aliphatic heterocycles. The summed E-state index contributed by atoms with van der Waals surface area (Å²) in [5.74, 6) is 0.777. The van der Waals surface area contributed by atoms with Gasteiger partial charge in [0.2, 0.25) is 5.84 Å². The van der Waals surface area contributed by atoms with Crippen molar-refractivity contribution < 1.29 is 18.7 Å². The first kappa shape index (κ1) is 23.2. The number of fused-ring (bicyclic) bond motifs is 1. The number of hydrogen-bond donors (Lipinski definition) is 1. The van der Waals surface area contributed by atoms with Crippen LogP contribution in [0.5, 0.6) is 11.5 Å². The van der Waals surface area contributed by atoms with E-state index in [9.17, 15) is 9.18 Å². The van der Waals surface area contributed by atoms with Gasteiger partial charge in [-0.05, 0) is 67.1 Å². The summed E-state index contributed by atoms with van der Waals surface area (Å²) in [6.45, 7) is 2.27. The first-order valence-corrected chi connectivity index (χ1v) is 11.4. The average molecular weight is 486 g/mol. The molecule has 8 nitrogen and oxygen atoms in total. The fourth-order valence-corrected chi connectivity index (χ4v) is 4.07. The summed E-state index contributed by atoms with van der Waals surface area (Å²) in [5.41, 5.74) is 2.44. The summed E-state index contributed by atoms with van der Waals surface area (Å²) >= 11 is 0. The van der Waals surface area contributed by atoms with Crippen molar-refractivity contribution in [1.82, 2.24) is 15.1 Å². The highest BCUT2D eigenvalue weighted by Gasteiger charge is 2.26. The number of benzene rings is 3. The number of ether oxygens (including phenoxy) is 2. The van der Waals surface area contributed by atoms with E-state index in [-0.39, 0.29) is 17.6 Å². The maximum atomic E-state index is 13.3. The summed E-state index contributed by atoms with van der Waals surface area (Å²) in [7, 11) is 1.60. The predicted molar refractivity (Wildman–Crippen MR) is 136 cm³/mol. The lowest BCUT2D eigenvalue weighted by Gasteiger charge is -2.26. The van der Waals surface area contributed by atoms with Gasteiger partial charge < -0.3 is 14.8 Å². The number of rotatable bonds is 8. The van der Waals surface area contributed by atoms with Crippen LogP contribution in [-0.4, -0.2) is 47.4 Å². The van der Waals surface area contributed by atoms with Gasteiger partial charge >= 0.3 is 0 Å². The standard InChI is InChI=1S/C27H24FN5O3/c1-17(32-27(34)26-29-12-13-30-26)25(18-4-3-5-22(14-18)35-2)36-23-10-11-24-19(15-23)16-31-33(24)21-8-6-20(28)7-9-21/h3-12,14-17,25H,13H2,1-2H3,(H,32,34)/t17-,25-/m0/s1. The van der Waals surface area contributed by atoms with Gasteiger partial charge in [-0.2, -0.15) is 5.10 Å². The Kier molecular flexibility index (Phi) is 6.44. The Hall–Kier alpha value is -4.53. The second-order valence-electron chi connectivity index (χ2n) is 8.31. The minimum atomic E-state index is -0.528. The molecule has 0 aliphatic carbocycles. The number of aliphatic imine (C=N–C) groups is 2. The van der Waals surface area contributed by atoms with Crippen molar-refractivity contribution in [3.63, 3.8) is 0 Å². The number of amides is 1. The Morgan fingerprint density at radius 2 is 1.92 bits per heavy atom. The average Bonchev–Trinajstić information content (AvgIpc) is 3.58. The fraction of sp³-hybridized carbons (Fsp3) is 0.185. The summed E-state index contributed by atoms with van der Waals surface area (Å²) in [6, 6.07) is 18.9. The molecule has 1 aliphatic rings. The normalized spacial score (nSPS) is 14.4. The molecule has 0 radical (unpaired) electrons. The lowest BCUT2D eigenvalue weighted by atomic mass is 10.0. The maximum absolute atomic E-state index is 13.3. The van der Waals surface area contributed by atoms with E-state index in [1.165, 1.54) is 12.1 Å². The van der Waals surface area contributed by atoms with E-state index in [2.05, 4.69) is 20.4 Å². The van der Waals surface area contributed by atoms with E-state index in [4.69, 9.17) is 9.47 Å². The zero-order valence-electron chi connectivity index (χ0n) is 19.8. The van der Waals surface area contributed by atoms with Gasteiger partial charge in [0.25, 0.3) is 5.91 Å². The van der Waals surface area contributed by atoms with E-state index in [0.717, 1.165) is 22.2 Å². The third kappa shape index (κ3) is 4.81. The number of nitrogens with one attached hydrogen (secondary N) is 1. The van der Waals surface area contributed by atoms with Crippen molar-refractivity contribution in [2.24, 2.45) is 9.98 Å². The summed E-state index contributed by atoms with van der Waals surface area (Å²) < 4.78 is 26.9. The Morgan fingerprint density at radius 1 is 1.08 bits per heavy atom. The Bertz CT molecular complexity index is 1460. The molecule has 2 heterocycles. The van der Waals surface area contributed by atoms with E-state index in [1.54, 1.807) is 36.3 Å². The molecule has 0 bridgehead atoms. The van der Waals surface area contributed by atoms with Crippen molar-refractivity contribution in [2.75, 3.05) is 13.7 Å². The van der Waals surface area contributed by atoms with Crippen LogP contribution in [0.1, 0.15) is 18.6 Å². The van der Waals surface area contributed by atoms with Crippen LogP contribution in [0.15, 0.2) is 82.9 Å². The molecule has 36 heavy (non-hydrogen) atoms. The Balaban J connectivity index is 1.44. The minimum absolute atomic E-state index is 0.154. The van der Waals surface area contributed by atoms with Gasteiger partial charge in [0.1, 0.15) is 23.4 Å². The fourth-order valence-electron chi connectivity index (χ4n) is 4.07. The SMILES string of the molecule is COc1cccc([C@@H](Oc2ccc3c(cnn3-c3ccc(F)cc3)c2)[C@H](C)NC(=O)C2=NCC=N2)c1. The second kappa shape index (κ2) is 9.99. The van der Waals surface area contributed by atoms with Crippen LogP contribution in [0.2, 0.25) is 0 Å². The van der Waals surface area contributed by atoms with Crippen molar-refractivity contribution in [3.8, 4) is 17.2 Å². The van der Waals surface area contributed by atoms with Crippen LogP contribution in [0, 0.1) is 5.82 Å². The number of halogens is 1. The third-order valence-corrected chi connectivity index (χ3v) is 5.85. The van der Waals surface area contributed by atoms with Crippen LogP contribution in [-0.2, 0) is 4.79 Å². The predicted octanol–water partition coefficient (Wildman–Crippen LogP) is 4.28. The van der Waals surface area contributed by atoms with E-state index < -0.39 is 12.1 Å². The molecular weight excluding hydrogens is 461 g/mol. The topological polar surface area (TPSA) is 90.1 Å². The van der Waals surface area contributed by atoms with Gasteiger partial charge in [-0.25, -0.2) is 14.1 Å². The Morgan fingerprint density at radius 3 is 2.67 bits per heavy atom. The maximum Gasteiger partial charge on any atom is 0.289 e. The molecule has 2 atom stereocenters. The number of nitrogens with zero attached hydrogens (tertiary/aromatic N) is 4. The molecule has 0 saturated carbocycles. The van der Waals surface area contributed by atoms with Gasteiger partial charge in [-0.15, -0.1) is 0 Å². The molecule has 1 amide bonds. The van der Waals surface area contributed by atoms with Crippen molar-refractivity contribution in [1.29, 1.82) is 0 Å². The highest BCUT2D eigenvalue weighted by molar-refractivity contribution is 6.40. The number of carbonyl (C=O) groups excluding carboxylic acids is 1.